The summed E-state index contributed by atoms with van der Waals surface area (Å²) < 4.78 is 0. The quantitative estimate of drug-likeness (QED) is 0.827. The lowest BCUT2D eigenvalue weighted by Gasteiger charge is -2.06. The van der Waals surface area contributed by atoms with Crippen LogP contribution in [0, 0.1) is 0 Å². The predicted octanol–water partition coefficient (Wildman–Crippen LogP) is 2.59. The highest BCUT2D eigenvalue weighted by Gasteiger charge is 2.13. The maximum atomic E-state index is 12.1. The number of amides is 1. The highest BCUT2D eigenvalue weighted by molar-refractivity contribution is 6.29. The van der Waals surface area contributed by atoms with Crippen molar-refractivity contribution in [3.63, 3.8) is 0 Å². The van der Waals surface area contributed by atoms with Crippen molar-refractivity contribution in [2.45, 2.75) is 13.1 Å². The summed E-state index contributed by atoms with van der Waals surface area (Å²) in [5.41, 5.74) is 3.72. The first kappa shape index (κ1) is 12.1. The van der Waals surface area contributed by atoms with Gasteiger partial charge in [0.2, 0.25) is 0 Å². The Hall–Kier alpha value is -1.91. The first-order valence-corrected chi connectivity index (χ1v) is 6.35. The SMILES string of the molecule is O=C(Nc1ccc(Cl)nc1)c1ccc2c(c1)CNC2. The van der Waals surface area contributed by atoms with E-state index in [1.54, 1.807) is 12.1 Å². The molecule has 0 bridgehead atoms. The Morgan fingerprint density at radius 2 is 2.05 bits per heavy atom. The minimum absolute atomic E-state index is 0.140. The number of benzene rings is 1. The van der Waals surface area contributed by atoms with Gasteiger partial charge in [0.15, 0.2) is 0 Å². The number of anilines is 1. The van der Waals surface area contributed by atoms with Crippen LogP contribution in [0.15, 0.2) is 36.5 Å². The van der Waals surface area contributed by atoms with Crippen molar-refractivity contribution < 1.29 is 4.79 Å². The highest BCUT2D eigenvalue weighted by Crippen LogP contribution is 2.18. The molecule has 0 spiro atoms. The highest BCUT2D eigenvalue weighted by atomic mass is 35.5. The van der Waals surface area contributed by atoms with E-state index >= 15 is 0 Å². The van der Waals surface area contributed by atoms with E-state index in [0.717, 1.165) is 13.1 Å². The monoisotopic (exact) mass is 273 g/mol. The van der Waals surface area contributed by atoms with Gasteiger partial charge in [-0.25, -0.2) is 4.98 Å². The minimum atomic E-state index is -0.140. The number of rotatable bonds is 2. The first-order valence-electron chi connectivity index (χ1n) is 5.98. The maximum Gasteiger partial charge on any atom is 0.255 e. The van der Waals surface area contributed by atoms with E-state index in [2.05, 4.69) is 15.6 Å². The van der Waals surface area contributed by atoms with Gasteiger partial charge in [0.05, 0.1) is 11.9 Å². The summed E-state index contributed by atoms with van der Waals surface area (Å²) >= 11 is 5.70. The van der Waals surface area contributed by atoms with Gasteiger partial charge in [-0.2, -0.15) is 0 Å². The Morgan fingerprint density at radius 3 is 2.84 bits per heavy atom. The van der Waals surface area contributed by atoms with Crippen molar-refractivity contribution in [3.8, 4) is 0 Å². The lowest BCUT2D eigenvalue weighted by Crippen LogP contribution is -2.12. The minimum Gasteiger partial charge on any atom is -0.321 e. The fraction of sp³-hybridized carbons (Fsp3) is 0.143. The topological polar surface area (TPSA) is 54.0 Å². The smallest absolute Gasteiger partial charge is 0.255 e. The lowest BCUT2D eigenvalue weighted by molar-refractivity contribution is 0.102. The molecule has 4 nitrogen and oxygen atoms in total. The molecule has 5 heteroatoms. The number of hydrogen-bond acceptors (Lipinski definition) is 3. The van der Waals surface area contributed by atoms with Crippen LogP contribution in [0.1, 0.15) is 21.5 Å². The van der Waals surface area contributed by atoms with Gasteiger partial charge in [0.1, 0.15) is 5.15 Å². The number of fused-ring (bicyclic) bond motifs is 1. The Morgan fingerprint density at radius 1 is 1.21 bits per heavy atom. The molecule has 96 valence electrons. The summed E-state index contributed by atoms with van der Waals surface area (Å²) in [6, 6.07) is 9.12. The number of nitrogens with one attached hydrogen (secondary N) is 2. The summed E-state index contributed by atoms with van der Waals surface area (Å²) in [5, 5.41) is 6.45. The second-order valence-corrected chi connectivity index (χ2v) is 4.80. The van der Waals surface area contributed by atoms with Crippen molar-refractivity contribution in [2.75, 3.05) is 5.32 Å². The number of hydrogen-bond donors (Lipinski definition) is 2. The van der Waals surface area contributed by atoms with E-state index in [1.807, 2.05) is 18.2 Å². The molecule has 0 radical (unpaired) electrons. The van der Waals surface area contributed by atoms with Crippen molar-refractivity contribution in [3.05, 3.63) is 58.4 Å². The van der Waals surface area contributed by atoms with E-state index in [-0.39, 0.29) is 5.91 Å². The summed E-state index contributed by atoms with van der Waals surface area (Å²) in [5.74, 6) is -0.140. The van der Waals surface area contributed by atoms with Gasteiger partial charge < -0.3 is 10.6 Å². The van der Waals surface area contributed by atoms with Crippen LogP contribution >= 0.6 is 11.6 Å². The molecule has 0 saturated carbocycles. The second-order valence-electron chi connectivity index (χ2n) is 4.41. The number of pyridine rings is 1. The van der Waals surface area contributed by atoms with E-state index in [1.165, 1.54) is 17.3 Å². The van der Waals surface area contributed by atoms with Gasteiger partial charge in [0.25, 0.3) is 5.91 Å². The summed E-state index contributed by atoms with van der Waals surface area (Å²) in [4.78, 5) is 16.0. The molecule has 0 atom stereocenters. The Kier molecular flexibility index (Phi) is 3.19. The lowest BCUT2D eigenvalue weighted by atomic mass is 10.1. The fourth-order valence-electron chi connectivity index (χ4n) is 2.09. The van der Waals surface area contributed by atoms with Gasteiger partial charge >= 0.3 is 0 Å². The molecule has 0 unspecified atom stereocenters. The van der Waals surface area contributed by atoms with Gasteiger partial charge in [0, 0.05) is 18.7 Å². The molecular formula is C14H12ClN3O. The third kappa shape index (κ3) is 2.59. The van der Waals surface area contributed by atoms with Gasteiger partial charge in [-0.1, -0.05) is 17.7 Å². The third-order valence-corrected chi connectivity index (χ3v) is 3.31. The fourth-order valence-corrected chi connectivity index (χ4v) is 2.20. The number of carbonyl (C=O) groups excluding carboxylic acids is 1. The average molecular weight is 274 g/mol. The van der Waals surface area contributed by atoms with Gasteiger partial charge in [-0.05, 0) is 35.4 Å². The van der Waals surface area contributed by atoms with E-state index in [9.17, 15) is 4.79 Å². The van der Waals surface area contributed by atoms with Crippen LogP contribution in [0.25, 0.3) is 0 Å². The molecule has 0 saturated heterocycles. The molecule has 2 N–H and O–H groups in total. The summed E-state index contributed by atoms with van der Waals surface area (Å²) in [6.07, 6.45) is 1.54. The zero-order valence-corrected chi connectivity index (χ0v) is 10.9. The maximum absolute atomic E-state index is 12.1. The third-order valence-electron chi connectivity index (χ3n) is 3.08. The van der Waals surface area contributed by atoms with Crippen molar-refractivity contribution in [1.82, 2.24) is 10.3 Å². The summed E-state index contributed by atoms with van der Waals surface area (Å²) in [7, 11) is 0. The van der Waals surface area contributed by atoms with Gasteiger partial charge in [-0.3, -0.25) is 4.79 Å². The molecule has 1 amide bonds. The largest absolute Gasteiger partial charge is 0.321 e. The second kappa shape index (κ2) is 4.99. The zero-order valence-electron chi connectivity index (χ0n) is 10.1. The standard InChI is InChI=1S/C14H12ClN3O/c15-13-4-3-12(8-17-13)18-14(19)9-1-2-10-6-16-7-11(10)5-9/h1-5,8,16H,6-7H2,(H,18,19). The Labute approximate surface area is 115 Å². The van der Waals surface area contributed by atoms with Crippen LogP contribution in [-0.4, -0.2) is 10.9 Å². The predicted molar refractivity (Wildman–Crippen MR) is 74.2 cm³/mol. The molecule has 2 aromatic rings. The van der Waals surface area contributed by atoms with Crippen molar-refractivity contribution in [2.24, 2.45) is 0 Å². The molecular weight excluding hydrogens is 262 g/mol. The molecule has 1 aromatic heterocycles. The molecule has 1 aliphatic rings. The normalized spacial score (nSPS) is 13.1. The molecule has 1 aromatic carbocycles. The molecule has 2 heterocycles. The van der Waals surface area contributed by atoms with E-state index < -0.39 is 0 Å². The molecule has 0 aliphatic carbocycles. The van der Waals surface area contributed by atoms with Crippen LogP contribution in [-0.2, 0) is 13.1 Å². The van der Waals surface area contributed by atoms with E-state index in [0.29, 0.717) is 16.4 Å². The number of halogens is 1. The van der Waals surface area contributed by atoms with E-state index in [4.69, 9.17) is 11.6 Å². The number of aromatic nitrogens is 1. The molecule has 3 rings (SSSR count). The van der Waals surface area contributed by atoms with Crippen LogP contribution in [0.5, 0.6) is 0 Å². The van der Waals surface area contributed by atoms with Crippen molar-refractivity contribution >= 4 is 23.2 Å². The Balaban J connectivity index is 1.78. The van der Waals surface area contributed by atoms with Crippen LogP contribution < -0.4 is 10.6 Å². The van der Waals surface area contributed by atoms with Crippen LogP contribution in [0.3, 0.4) is 0 Å². The number of carbonyl (C=O) groups is 1. The molecule has 0 fully saturated rings. The first-order chi connectivity index (χ1) is 9.22. The zero-order chi connectivity index (χ0) is 13.2. The summed E-state index contributed by atoms with van der Waals surface area (Å²) in [6.45, 7) is 1.69. The molecule has 19 heavy (non-hydrogen) atoms. The molecule has 1 aliphatic heterocycles. The van der Waals surface area contributed by atoms with Crippen molar-refractivity contribution in [1.29, 1.82) is 0 Å². The van der Waals surface area contributed by atoms with Crippen LogP contribution in [0.4, 0.5) is 5.69 Å². The van der Waals surface area contributed by atoms with Gasteiger partial charge in [-0.15, -0.1) is 0 Å². The van der Waals surface area contributed by atoms with Crippen LogP contribution in [0.2, 0.25) is 5.15 Å². The number of nitrogens with zero attached hydrogens (tertiary/aromatic N) is 1. The average Bonchev–Trinajstić information content (AvgIpc) is 2.88. The Bertz CT molecular complexity index is 625.